The summed E-state index contributed by atoms with van der Waals surface area (Å²) >= 11 is 1.37. The SMILES string of the molecule is COc1cccc(-c2nnc(SCC(=O)c3ccc(C)c(C)c3)n2Cc2ccco2)c1. The molecular weight excluding hydrogens is 410 g/mol. The van der Waals surface area contributed by atoms with Crippen LogP contribution in [0.15, 0.2) is 70.4 Å². The number of carbonyl (C=O) groups excluding carboxylic acids is 1. The van der Waals surface area contributed by atoms with Crippen molar-refractivity contribution in [1.82, 2.24) is 14.8 Å². The maximum Gasteiger partial charge on any atom is 0.192 e. The van der Waals surface area contributed by atoms with E-state index in [9.17, 15) is 4.79 Å². The van der Waals surface area contributed by atoms with Gasteiger partial charge in [-0.25, -0.2) is 0 Å². The van der Waals surface area contributed by atoms with E-state index in [4.69, 9.17) is 9.15 Å². The van der Waals surface area contributed by atoms with E-state index < -0.39 is 0 Å². The van der Waals surface area contributed by atoms with Gasteiger partial charge in [0.1, 0.15) is 11.5 Å². The number of carbonyl (C=O) groups is 1. The van der Waals surface area contributed by atoms with Gasteiger partial charge in [0, 0.05) is 11.1 Å². The summed E-state index contributed by atoms with van der Waals surface area (Å²) in [5.74, 6) is 2.55. The monoisotopic (exact) mass is 433 g/mol. The van der Waals surface area contributed by atoms with Crippen molar-refractivity contribution in [2.24, 2.45) is 0 Å². The number of nitrogens with zero attached hydrogens (tertiary/aromatic N) is 3. The van der Waals surface area contributed by atoms with Crippen LogP contribution < -0.4 is 4.74 Å². The van der Waals surface area contributed by atoms with Crippen LogP contribution in [0.1, 0.15) is 27.2 Å². The second-order valence-corrected chi connectivity index (χ2v) is 8.16. The summed E-state index contributed by atoms with van der Waals surface area (Å²) in [5.41, 5.74) is 3.87. The van der Waals surface area contributed by atoms with Crippen LogP contribution in [0.3, 0.4) is 0 Å². The highest BCUT2D eigenvalue weighted by Gasteiger charge is 2.18. The van der Waals surface area contributed by atoms with Crippen LogP contribution >= 0.6 is 11.8 Å². The molecule has 0 amide bonds. The van der Waals surface area contributed by atoms with E-state index in [1.807, 2.05) is 73.0 Å². The van der Waals surface area contributed by atoms with Crippen LogP contribution in [0.4, 0.5) is 0 Å². The van der Waals surface area contributed by atoms with Gasteiger partial charge in [0.15, 0.2) is 16.8 Å². The summed E-state index contributed by atoms with van der Waals surface area (Å²) in [7, 11) is 1.63. The molecule has 4 aromatic rings. The molecular formula is C24H23N3O3S. The summed E-state index contributed by atoms with van der Waals surface area (Å²) < 4.78 is 12.9. The summed E-state index contributed by atoms with van der Waals surface area (Å²) in [4.78, 5) is 12.8. The lowest BCUT2D eigenvalue weighted by atomic mass is 10.0. The molecule has 0 saturated heterocycles. The standard InChI is InChI=1S/C24H23N3O3S/c1-16-9-10-18(12-17(16)2)22(28)15-31-24-26-25-23(19-6-4-7-20(13-19)29-3)27(24)14-21-8-5-11-30-21/h4-13H,14-15H2,1-3H3. The van der Waals surface area contributed by atoms with Crippen LogP contribution in [0.5, 0.6) is 5.75 Å². The molecule has 2 aromatic carbocycles. The summed E-state index contributed by atoms with van der Waals surface area (Å²) in [6.45, 7) is 4.52. The molecule has 0 atom stereocenters. The second kappa shape index (κ2) is 9.22. The number of aryl methyl sites for hydroxylation is 2. The maximum atomic E-state index is 12.8. The molecule has 7 heteroatoms. The quantitative estimate of drug-likeness (QED) is 0.281. The molecule has 0 saturated carbocycles. The van der Waals surface area contributed by atoms with Gasteiger partial charge >= 0.3 is 0 Å². The number of aromatic nitrogens is 3. The Hall–Kier alpha value is -3.32. The first kappa shape index (κ1) is 20.9. The van der Waals surface area contributed by atoms with E-state index in [-0.39, 0.29) is 11.5 Å². The van der Waals surface area contributed by atoms with Gasteiger partial charge in [0.25, 0.3) is 0 Å². The minimum Gasteiger partial charge on any atom is -0.497 e. The predicted octanol–water partition coefficient (Wildman–Crippen LogP) is 5.19. The van der Waals surface area contributed by atoms with Gasteiger partial charge in [-0.3, -0.25) is 9.36 Å². The largest absolute Gasteiger partial charge is 0.497 e. The van der Waals surface area contributed by atoms with E-state index in [1.54, 1.807) is 13.4 Å². The minimum absolute atomic E-state index is 0.0589. The van der Waals surface area contributed by atoms with Gasteiger partial charge in [-0.05, 0) is 55.3 Å². The zero-order valence-electron chi connectivity index (χ0n) is 17.7. The van der Waals surface area contributed by atoms with E-state index in [0.717, 1.165) is 22.6 Å². The second-order valence-electron chi connectivity index (χ2n) is 7.21. The van der Waals surface area contributed by atoms with Crippen molar-refractivity contribution in [3.8, 4) is 17.1 Å². The molecule has 0 aliphatic heterocycles. The molecule has 0 spiro atoms. The molecule has 0 aliphatic carbocycles. The van der Waals surface area contributed by atoms with E-state index in [0.29, 0.717) is 23.1 Å². The first-order chi connectivity index (χ1) is 15.0. The predicted molar refractivity (Wildman–Crippen MR) is 121 cm³/mol. The first-order valence-corrected chi connectivity index (χ1v) is 10.9. The van der Waals surface area contributed by atoms with Crippen molar-refractivity contribution in [3.05, 3.63) is 83.3 Å². The number of benzene rings is 2. The lowest BCUT2D eigenvalue weighted by molar-refractivity contribution is 0.102. The Morgan fingerprint density at radius 2 is 1.94 bits per heavy atom. The zero-order chi connectivity index (χ0) is 21.8. The van der Waals surface area contributed by atoms with Crippen LogP contribution in [0, 0.1) is 13.8 Å². The Bertz CT molecular complexity index is 1200. The van der Waals surface area contributed by atoms with E-state index in [1.165, 1.54) is 17.3 Å². The van der Waals surface area contributed by atoms with Gasteiger partial charge < -0.3 is 9.15 Å². The lowest BCUT2D eigenvalue weighted by Crippen LogP contribution is -2.07. The highest BCUT2D eigenvalue weighted by Crippen LogP contribution is 2.28. The van der Waals surface area contributed by atoms with Crippen molar-refractivity contribution >= 4 is 17.5 Å². The molecule has 0 bridgehead atoms. The normalized spacial score (nSPS) is 10.9. The van der Waals surface area contributed by atoms with Crippen molar-refractivity contribution in [2.45, 2.75) is 25.5 Å². The Morgan fingerprint density at radius 3 is 2.68 bits per heavy atom. The summed E-state index contributed by atoms with van der Waals surface area (Å²) in [5, 5.41) is 9.43. The van der Waals surface area contributed by atoms with Crippen molar-refractivity contribution in [1.29, 1.82) is 0 Å². The molecule has 0 aliphatic rings. The van der Waals surface area contributed by atoms with Crippen LogP contribution in [-0.4, -0.2) is 33.4 Å². The fourth-order valence-corrected chi connectivity index (χ4v) is 4.03. The molecule has 0 unspecified atom stereocenters. The van der Waals surface area contributed by atoms with Crippen molar-refractivity contribution < 1.29 is 13.9 Å². The Morgan fingerprint density at radius 1 is 1.06 bits per heavy atom. The number of thioether (sulfide) groups is 1. The van der Waals surface area contributed by atoms with E-state index >= 15 is 0 Å². The Kier molecular flexibility index (Phi) is 6.23. The van der Waals surface area contributed by atoms with Gasteiger partial charge in [-0.1, -0.05) is 36.0 Å². The van der Waals surface area contributed by atoms with Crippen LogP contribution in [0.2, 0.25) is 0 Å². The van der Waals surface area contributed by atoms with Crippen molar-refractivity contribution in [3.63, 3.8) is 0 Å². The first-order valence-electron chi connectivity index (χ1n) is 9.88. The van der Waals surface area contributed by atoms with Gasteiger partial charge in [-0.15, -0.1) is 10.2 Å². The molecule has 0 radical (unpaired) electrons. The highest BCUT2D eigenvalue weighted by molar-refractivity contribution is 7.99. The van der Waals surface area contributed by atoms with Crippen molar-refractivity contribution in [2.75, 3.05) is 12.9 Å². The molecule has 6 nitrogen and oxygen atoms in total. The third kappa shape index (κ3) is 4.72. The molecule has 4 rings (SSSR count). The summed E-state index contributed by atoms with van der Waals surface area (Å²) in [6.07, 6.45) is 1.64. The minimum atomic E-state index is 0.0589. The molecule has 2 heterocycles. The number of ether oxygens (including phenoxy) is 1. The lowest BCUT2D eigenvalue weighted by Gasteiger charge is -2.10. The number of rotatable bonds is 8. The summed E-state index contributed by atoms with van der Waals surface area (Å²) in [6, 6.07) is 17.2. The number of hydrogen-bond acceptors (Lipinski definition) is 6. The molecule has 0 N–H and O–H groups in total. The van der Waals surface area contributed by atoms with Gasteiger partial charge in [0.05, 0.1) is 25.7 Å². The van der Waals surface area contributed by atoms with Crippen LogP contribution in [0.25, 0.3) is 11.4 Å². The Labute approximate surface area is 185 Å². The molecule has 0 fully saturated rings. The zero-order valence-corrected chi connectivity index (χ0v) is 18.5. The maximum absolute atomic E-state index is 12.8. The Balaban J connectivity index is 1.61. The number of methoxy groups -OCH3 is 1. The molecule has 158 valence electrons. The van der Waals surface area contributed by atoms with E-state index in [2.05, 4.69) is 10.2 Å². The average molecular weight is 434 g/mol. The fraction of sp³-hybridized carbons (Fsp3) is 0.208. The highest BCUT2D eigenvalue weighted by atomic mass is 32.2. The average Bonchev–Trinajstić information content (AvgIpc) is 3.44. The smallest absolute Gasteiger partial charge is 0.192 e. The number of ketones is 1. The number of Topliss-reactive ketones (excluding diaryl/α,β-unsaturated/α-hetero) is 1. The van der Waals surface area contributed by atoms with Gasteiger partial charge in [0.2, 0.25) is 0 Å². The third-order valence-corrected chi connectivity index (χ3v) is 6.07. The molecule has 31 heavy (non-hydrogen) atoms. The fourth-order valence-electron chi connectivity index (χ4n) is 3.20. The number of hydrogen-bond donors (Lipinski definition) is 0. The number of furan rings is 1. The van der Waals surface area contributed by atoms with Gasteiger partial charge in [-0.2, -0.15) is 0 Å². The van der Waals surface area contributed by atoms with Crippen LogP contribution in [-0.2, 0) is 6.54 Å². The third-order valence-electron chi connectivity index (χ3n) is 5.10. The topological polar surface area (TPSA) is 70.2 Å². The molecule has 2 aromatic heterocycles.